The summed E-state index contributed by atoms with van der Waals surface area (Å²) in [6.45, 7) is 1.51. The fourth-order valence-corrected chi connectivity index (χ4v) is 1.39. The Bertz CT molecular complexity index is 378. The lowest BCUT2D eigenvalue weighted by atomic mass is 10.2. The third-order valence-electron chi connectivity index (χ3n) is 1.47. The van der Waals surface area contributed by atoms with Gasteiger partial charge in [0.15, 0.2) is 5.69 Å². The molecule has 1 heterocycles. The van der Waals surface area contributed by atoms with Gasteiger partial charge in [0.05, 0.1) is 10.0 Å². The Labute approximate surface area is 89.2 Å². The normalized spacial score (nSPS) is 10.2. The first kappa shape index (κ1) is 10.6. The van der Waals surface area contributed by atoms with Crippen molar-refractivity contribution in [3.05, 3.63) is 26.5 Å². The highest BCUT2D eigenvalue weighted by Gasteiger charge is 2.17. The van der Waals surface area contributed by atoms with Crippen LogP contribution in [0, 0.1) is 6.92 Å². The predicted molar refractivity (Wildman–Crippen MR) is 51.0 cm³/mol. The van der Waals surface area contributed by atoms with Crippen LogP contribution in [0.3, 0.4) is 0 Å². The van der Waals surface area contributed by atoms with Crippen LogP contribution in [0.25, 0.3) is 0 Å². The number of carboxylic acids is 1. The van der Waals surface area contributed by atoms with Gasteiger partial charge >= 0.3 is 5.97 Å². The summed E-state index contributed by atoms with van der Waals surface area (Å²) in [7, 11) is 0. The van der Waals surface area contributed by atoms with Crippen LogP contribution in [0.2, 0.25) is 15.2 Å². The smallest absolute Gasteiger partial charge is 0.354 e. The van der Waals surface area contributed by atoms with Crippen LogP contribution in [0.5, 0.6) is 0 Å². The topological polar surface area (TPSA) is 50.2 Å². The number of aromatic carboxylic acids is 1. The standard InChI is InChI=1S/C7H4Cl3NO2/c1-2-3(8)4(9)6(10)11-5(2)7(12)13/h1H3,(H,12,13). The van der Waals surface area contributed by atoms with Crippen LogP contribution in [-0.2, 0) is 0 Å². The van der Waals surface area contributed by atoms with Gasteiger partial charge in [-0.1, -0.05) is 34.8 Å². The van der Waals surface area contributed by atoms with Crippen molar-refractivity contribution in [2.24, 2.45) is 0 Å². The second kappa shape index (κ2) is 3.70. The van der Waals surface area contributed by atoms with E-state index in [4.69, 9.17) is 39.9 Å². The minimum absolute atomic E-state index is 0.0748. The largest absolute Gasteiger partial charge is 0.477 e. The van der Waals surface area contributed by atoms with Crippen LogP contribution < -0.4 is 0 Å². The Balaban J connectivity index is 3.50. The molecule has 0 radical (unpaired) electrons. The second-order valence-corrected chi connectivity index (χ2v) is 3.42. The lowest BCUT2D eigenvalue weighted by Crippen LogP contribution is -2.04. The summed E-state index contributed by atoms with van der Waals surface area (Å²) in [4.78, 5) is 14.2. The molecule has 0 spiro atoms. The highest BCUT2D eigenvalue weighted by molar-refractivity contribution is 6.48. The Kier molecular flexibility index (Phi) is 3.01. The highest BCUT2D eigenvalue weighted by atomic mass is 35.5. The van der Waals surface area contributed by atoms with Gasteiger partial charge in [-0.3, -0.25) is 0 Å². The van der Waals surface area contributed by atoms with Gasteiger partial charge < -0.3 is 5.11 Å². The number of pyridine rings is 1. The van der Waals surface area contributed by atoms with Crippen molar-refractivity contribution in [3.8, 4) is 0 Å². The number of carbonyl (C=O) groups is 1. The van der Waals surface area contributed by atoms with Crippen molar-refractivity contribution in [2.75, 3.05) is 0 Å². The summed E-state index contributed by atoms with van der Waals surface area (Å²) in [5.74, 6) is -1.18. The Hall–Kier alpha value is -0.510. The van der Waals surface area contributed by atoms with E-state index in [0.29, 0.717) is 5.56 Å². The summed E-state index contributed by atoms with van der Waals surface area (Å²) in [6.07, 6.45) is 0. The minimum atomic E-state index is -1.18. The number of nitrogens with zero attached hydrogens (tertiary/aromatic N) is 1. The van der Waals surface area contributed by atoms with Crippen molar-refractivity contribution in [1.82, 2.24) is 4.98 Å². The van der Waals surface area contributed by atoms with E-state index in [1.165, 1.54) is 6.92 Å². The van der Waals surface area contributed by atoms with Crippen LogP contribution in [0.1, 0.15) is 16.1 Å². The van der Waals surface area contributed by atoms with Crippen molar-refractivity contribution in [2.45, 2.75) is 6.92 Å². The van der Waals surface area contributed by atoms with E-state index in [9.17, 15) is 4.79 Å². The first-order chi connectivity index (χ1) is 5.95. The van der Waals surface area contributed by atoms with Gasteiger partial charge in [-0.05, 0) is 6.92 Å². The average Bonchev–Trinajstić information content (AvgIpc) is 2.07. The maximum atomic E-state index is 10.6. The van der Waals surface area contributed by atoms with Crippen molar-refractivity contribution in [1.29, 1.82) is 0 Å². The maximum Gasteiger partial charge on any atom is 0.354 e. The van der Waals surface area contributed by atoms with E-state index in [1.807, 2.05) is 0 Å². The van der Waals surface area contributed by atoms with Crippen molar-refractivity contribution < 1.29 is 9.90 Å². The minimum Gasteiger partial charge on any atom is -0.477 e. The molecule has 0 aliphatic heterocycles. The molecule has 0 atom stereocenters. The van der Waals surface area contributed by atoms with Gasteiger partial charge in [0.25, 0.3) is 0 Å². The lowest BCUT2D eigenvalue weighted by Gasteiger charge is -2.05. The van der Waals surface area contributed by atoms with Crippen LogP contribution >= 0.6 is 34.8 Å². The van der Waals surface area contributed by atoms with Crippen LogP contribution in [-0.4, -0.2) is 16.1 Å². The summed E-state index contributed by atoms with van der Waals surface area (Å²) in [5, 5.41) is 8.78. The molecule has 0 aliphatic rings. The van der Waals surface area contributed by atoms with Gasteiger partial charge in [0.1, 0.15) is 5.15 Å². The molecule has 1 N–H and O–H groups in total. The molecule has 0 fully saturated rings. The number of aromatic nitrogens is 1. The molecule has 1 aromatic heterocycles. The number of hydrogen-bond acceptors (Lipinski definition) is 2. The molecular formula is C7H4Cl3NO2. The fraction of sp³-hybridized carbons (Fsp3) is 0.143. The Morgan fingerprint density at radius 1 is 1.31 bits per heavy atom. The first-order valence-electron chi connectivity index (χ1n) is 3.19. The summed E-state index contributed by atoms with van der Waals surface area (Å²) >= 11 is 16.9. The van der Waals surface area contributed by atoms with Gasteiger partial charge in [-0.25, -0.2) is 9.78 Å². The van der Waals surface area contributed by atoms with E-state index in [-0.39, 0.29) is 20.9 Å². The number of carboxylic acid groups (broad SMARTS) is 1. The third-order valence-corrected chi connectivity index (χ3v) is 2.78. The van der Waals surface area contributed by atoms with Crippen LogP contribution in [0.15, 0.2) is 0 Å². The molecule has 0 saturated carbocycles. The molecule has 3 nitrogen and oxygen atoms in total. The predicted octanol–water partition coefficient (Wildman–Crippen LogP) is 3.05. The number of hydrogen-bond donors (Lipinski definition) is 1. The molecule has 0 aliphatic carbocycles. The van der Waals surface area contributed by atoms with Gasteiger partial charge in [0, 0.05) is 5.56 Å². The van der Waals surface area contributed by atoms with Crippen LogP contribution in [0.4, 0.5) is 0 Å². The molecule has 70 valence electrons. The Morgan fingerprint density at radius 2 is 1.85 bits per heavy atom. The van der Waals surface area contributed by atoms with E-state index in [0.717, 1.165) is 0 Å². The quantitative estimate of drug-likeness (QED) is 0.768. The molecule has 1 rings (SSSR count). The number of rotatable bonds is 1. The zero-order valence-corrected chi connectivity index (χ0v) is 8.70. The molecule has 0 saturated heterocycles. The van der Waals surface area contributed by atoms with Gasteiger partial charge in [-0.15, -0.1) is 0 Å². The number of halogens is 3. The summed E-state index contributed by atoms with van der Waals surface area (Å²) in [6, 6.07) is 0. The van der Waals surface area contributed by atoms with Gasteiger partial charge in [-0.2, -0.15) is 0 Å². The fourth-order valence-electron chi connectivity index (χ4n) is 0.798. The third kappa shape index (κ3) is 1.88. The van der Waals surface area contributed by atoms with E-state index < -0.39 is 5.97 Å². The SMILES string of the molecule is Cc1c(C(=O)O)nc(Cl)c(Cl)c1Cl. The first-order valence-corrected chi connectivity index (χ1v) is 4.33. The van der Waals surface area contributed by atoms with Gasteiger partial charge in [0.2, 0.25) is 0 Å². The lowest BCUT2D eigenvalue weighted by molar-refractivity contribution is 0.0689. The molecule has 0 bridgehead atoms. The van der Waals surface area contributed by atoms with E-state index in [2.05, 4.69) is 4.98 Å². The molecule has 1 aromatic rings. The highest BCUT2D eigenvalue weighted by Crippen LogP contribution is 2.32. The second-order valence-electron chi connectivity index (χ2n) is 2.31. The molecule has 13 heavy (non-hydrogen) atoms. The molecular weight excluding hydrogens is 236 g/mol. The van der Waals surface area contributed by atoms with E-state index in [1.54, 1.807) is 0 Å². The maximum absolute atomic E-state index is 10.6. The zero-order chi connectivity index (χ0) is 10.2. The molecule has 6 heteroatoms. The average molecular weight is 240 g/mol. The Morgan fingerprint density at radius 3 is 2.31 bits per heavy atom. The molecule has 0 aromatic carbocycles. The summed E-state index contributed by atoms with van der Waals surface area (Å²) < 4.78 is 0. The van der Waals surface area contributed by atoms with Crippen molar-refractivity contribution in [3.63, 3.8) is 0 Å². The zero-order valence-electron chi connectivity index (χ0n) is 6.44. The molecule has 0 amide bonds. The monoisotopic (exact) mass is 239 g/mol. The van der Waals surface area contributed by atoms with Crippen molar-refractivity contribution >= 4 is 40.8 Å². The van der Waals surface area contributed by atoms with E-state index >= 15 is 0 Å². The summed E-state index contributed by atoms with van der Waals surface area (Å²) in [5.41, 5.74) is 0.128. The molecule has 0 unspecified atom stereocenters.